The Balaban J connectivity index is 1.90. The van der Waals surface area contributed by atoms with Gasteiger partial charge in [0.25, 0.3) is 0 Å². The van der Waals surface area contributed by atoms with Crippen LogP contribution in [0.1, 0.15) is 23.1 Å². The van der Waals surface area contributed by atoms with Gasteiger partial charge in [-0.25, -0.2) is 4.98 Å². The molecule has 1 aliphatic heterocycles. The molecule has 1 aromatic heterocycles. The predicted molar refractivity (Wildman–Crippen MR) is 75.1 cm³/mol. The Morgan fingerprint density at radius 1 is 1.21 bits per heavy atom. The van der Waals surface area contributed by atoms with E-state index in [9.17, 15) is 0 Å². The van der Waals surface area contributed by atoms with Crippen LogP contribution in [0.4, 0.5) is 0 Å². The maximum Gasteiger partial charge on any atom is 0.126 e. The zero-order valence-electron chi connectivity index (χ0n) is 11.4. The number of benzene rings is 1. The number of aromatic nitrogens is 2. The third-order valence-corrected chi connectivity index (χ3v) is 3.48. The summed E-state index contributed by atoms with van der Waals surface area (Å²) in [5.41, 5.74) is 4.55. The molecule has 0 radical (unpaired) electrons. The minimum absolute atomic E-state index is 0.173. The SMILES string of the molecule is Cc1ccc(-c2nc(C3COCCN3)[nH]c2C)cc1. The van der Waals surface area contributed by atoms with Crippen molar-refractivity contribution < 1.29 is 4.74 Å². The molecule has 3 rings (SSSR count). The topological polar surface area (TPSA) is 49.9 Å². The van der Waals surface area contributed by atoms with E-state index in [1.54, 1.807) is 0 Å². The highest BCUT2D eigenvalue weighted by Crippen LogP contribution is 2.24. The van der Waals surface area contributed by atoms with E-state index < -0.39 is 0 Å². The molecule has 1 atom stereocenters. The average Bonchev–Trinajstić information content (AvgIpc) is 2.83. The fourth-order valence-corrected chi connectivity index (χ4v) is 2.38. The molecule has 0 spiro atoms. The Kier molecular flexibility index (Phi) is 3.36. The molecule has 0 bridgehead atoms. The maximum absolute atomic E-state index is 5.48. The van der Waals surface area contributed by atoms with Gasteiger partial charge in [-0.05, 0) is 13.8 Å². The Hall–Kier alpha value is -1.65. The van der Waals surface area contributed by atoms with Gasteiger partial charge in [0.15, 0.2) is 0 Å². The summed E-state index contributed by atoms with van der Waals surface area (Å²) in [6, 6.07) is 8.64. The zero-order valence-corrected chi connectivity index (χ0v) is 11.4. The largest absolute Gasteiger partial charge is 0.378 e. The number of aromatic amines is 1. The van der Waals surface area contributed by atoms with E-state index >= 15 is 0 Å². The Labute approximate surface area is 113 Å². The van der Waals surface area contributed by atoms with Gasteiger partial charge in [-0.1, -0.05) is 29.8 Å². The molecule has 0 aliphatic carbocycles. The van der Waals surface area contributed by atoms with Crippen molar-refractivity contribution in [1.29, 1.82) is 0 Å². The van der Waals surface area contributed by atoms with E-state index in [1.807, 2.05) is 0 Å². The van der Waals surface area contributed by atoms with Crippen LogP contribution in [0.3, 0.4) is 0 Å². The summed E-state index contributed by atoms with van der Waals surface area (Å²) in [4.78, 5) is 8.11. The minimum Gasteiger partial charge on any atom is -0.378 e. The molecule has 0 amide bonds. The monoisotopic (exact) mass is 257 g/mol. The number of aryl methyl sites for hydroxylation is 2. The lowest BCUT2D eigenvalue weighted by Gasteiger charge is -2.21. The van der Waals surface area contributed by atoms with Gasteiger partial charge >= 0.3 is 0 Å². The summed E-state index contributed by atoms with van der Waals surface area (Å²) in [5, 5.41) is 3.42. The van der Waals surface area contributed by atoms with Crippen LogP contribution in [-0.2, 0) is 4.74 Å². The van der Waals surface area contributed by atoms with Gasteiger partial charge in [0.2, 0.25) is 0 Å². The van der Waals surface area contributed by atoms with Crippen LogP contribution in [0.5, 0.6) is 0 Å². The molecular formula is C15H19N3O. The van der Waals surface area contributed by atoms with E-state index in [1.165, 1.54) is 5.56 Å². The molecule has 2 N–H and O–H groups in total. The average molecular weight is 257 g/mol. The van der Waals surface area contributed by atoms with Crippen LogP contribution in [-0.4, -0.2) is 29.7 Å². The molecule has 4 nitrogen and oxygen atoms in total. The summed E-state index contributed by atoms with van der Waals surface area (Å²) < 4.78 is 5.48. The van der Waals surface area contributed by atoms with Gasteiger partial charge in [0.05, 0.1) is 24.9 Å². The van der Waals surface area contributed by atoms with Gasteiger partial charge in [0, 0.05) is 17.8 Å². The minimum atomic E-state index is 0.173. The molecule has 2 heterocycles. The second-order valence-electron chi connectivity index (χ2n) is 5.04. The second-order valence-corrected chi connectivity index (χ2v) is 5.04. The first-order chi connectivity index (χ1) is 9.24. The summed E-state index contributed by atoms with van der Waals surface area (Å²) in [6.45, 7) is 6.50. The summed E-state index contributed by atoms with van der Waals surface area (Å²) in [5.74, 6) is 0.966. The van der Waals surface area contributed by atoms with Crippen LogP contribution in [0, 0.1) is 13.8 Å². The van der Waals surface area contributed by atoms with Crippen molar-refractivity contribution in [3.8, 4) is 11.3 Å². The highest BCUT2D eigenvalue weighted by Gasteiger charge is 2.20. The van der Waals surface area contributed by atoms with Crippen LogP contribution >= 0.6 is 0 Å². The zero-order chi connectivity index (χ0) is 13.2. The number of ether oxygens (including phenoxy) is 1. The summed E-state index contributed by atoms with van der Waals surface area (Å²) in [7, 11) is 0. The number of hydrogen-bond donors (Lipinski definition) is 2. The Morgan fingerprint density at radius 3 is 2.68 bits per heavy atom. The van der Waals surface area contributed by atoms with Gasteiger partial charge in [0.1, 0.15) is 5.82 Å². The molecule has 19 heavy (non-hydrogen) atoms. The Morgan fingerprint density at radius 2 is 2.00 bits per heavy atom. The van der Waals surface area contributed by atoms with Crippen LogP contribution < -0.4 is 5.32 Å². The molecule has 1 unspecified atom stereocenters. The van der Waals surface area contributed by atoms with Gasteiger partial charge < -0.3 is 15.0 Å². The Bertz CT molecular complexity index is 553. The lowest BCUT2D eigenvalue weighted by Crippen LogP contribution is -2.35. The first kappa shape index (κ1) is 12.4. The molecule has 2 aromatic rings. The lowest BCUT2D eigenvalue weighted by atomic mass is 10.1. The molecule has 0 saturated carbocycles. The third kappa shape index (κ3) is 2.55. The number of nitrogens with one attached hydrogen (secondary N) is 2. The standard InChI is InChI=1S/C15H19N3O/c1-10-3-5-12(6-4-10)14-11(2)17-15(18-14)13-9-19-8-7-16-13/h3-6,13,16H,7-9H2,1-2H3,(H,17,18). The highest BCUT2D eigenvalue weighted by atomic mass is 16.5. The molecule has 1 aromatic carbocycles. The molecule has 4 heteroatoms. The molecule has 1 fully saturated rings. The number of hydrogen-bond acceptors (Lipinski definition) is 3. The van der Waals surface area contributed by atoms with Crippen molar-refractivity contribution in [2.75, 3.05) is 19.8 Å². The fourth-order valence-electron chi connectivity index (χ4n) is 2.38. The number of rotatable bonds is 2. The van der Waals surface area contributed by atoms with Crippen molar-refractivity contribution in [1.82, 2.24) is 15.3 Å². The van der Waals surface area contributed by atoms with Crippen molar-refractivity contribution in [2.24, 2.45) is 0 Å². The maximum atomic E-state index is 5.48. The van der Waals surface area contributed by atoms with E-state index in [-0.39, 0.29) is 6.04 Å². The van der Waals surface area contributed by atoms with Crippen LogP contribution in [0.15, 0.2) is 24.3 Å². The van der Waals surface area contributed by atoms with Crippen molar-refractivity contribution in [3.05, 3.63) is 41.3 Å². The first-order valence-corrected chi connectivity index (χ1v) is 6.69. The number of imidazole rings is 1. The van der Waals surface area contributed by atoms with Gasteiger partial charge in [-0.2, -0.15) is 0 Å². The molecule has 1 aliphatic rings. The smallest absolute Gasteiger partial charge is 0.126 e. The second kappa shape index (κ2) is 5.15. The summed E-state index contributed by atoms with van der Waals surface area (Å²) in [6.07, 6.45) is 0. The van der Waals surface area contributed by atoms with E-state index in [0.717, 1.165) is 35.9 Å². The van der Waals surface area contributed by atoms with Crippen molar-refractivity contribution >= 4 is 0 Å². The quantitative estimate of drug-likeness (QED) is 0.868. The molecular weight excluding hydrogens is 238 g/mol. The summed E-state index contributed by atoms with van der Waals surface area (Å²) >= 11 is 0. The number of morpholine rings is 1. The molecule has 1 saturated heterocycles. The lowest BCUT2D eigenvalue weighted by molar-refractivity contribution is 0.0745. The van der Waals surface area contributed by atoms with Crippen LogP contribution in [0.2, 0.25) is 0 Å². The fraction of sp³-hybridized carbons (Fsp3) is 0.400. The number of nitrogens with zero attached hydrogens (tertiary/aromatic N) is 1. The van der Waals surface area contributed by atoms with E-state index in [4.69, 9.17) is 9.72 Å². The van der Waals surface area contributed by atoms with Gasteiger partial charge in [-0.3, -0.25) is 0 Å². The van der Waals surface area contributed by atoms with E-state index in [0.29, 0.717) is 6.61 Å². The molecule has 100 valence electrons. The van der Waals surface area contributed by atoms with Crippen molar-refractivity contribution in [3.63, 3.8) is 0 Å². The van der Waals surface area contributed by atoms with Crippen LogP contribution in [0.25, 0.3) is 11.3 Å². The number of H-pyrrole nitrogens is 1. The predicted octanol–water partition coefficient (Wildman–Crippen LogP) is 2.35. The first-order valence-electron chi connectivity index (χ1n) is 6.69. The normalized spacial score (nSPS) is 19.6. The van der Waals surface area contributed by atoms with E-state index in [2.05, 4.69) is 48.4 Å². The third-order valence-electron chi connectivity index (χ3n) is 3.48. The van der Waals surface area contributed by atoms with Gasteiger partial charge in [-0.15, -0.1) is 0 Å². The highest BCUT2D eigenvalue weighted by molar-refractivity contribution is 5.62. The van der Waals surface area contributed by atoms with Crippen molar-refractivity contribution in [2.45, 2.75) is 19.9 Å².